The summed E-state index contributed by atoms with van der Waals surface area (Å²) in [6, 6.07) is 23.6. The molecule has 0 saturated carbocycles. The molecule has 3 aromatic carbocycles. The molecule has 0 radical (unpaired) electrons. The topological polar surface area (TPSA) is 84.7 Å². The molecule has 3 amide bonds. The van der Waals surface area contributed by atoms with Crippen LogP contribution in [0.25, 0.3) is 0 Å². The maximum Gasteiger partial charge on any atom is 0.261 e. The van der Waals surface area contributed by atoms with Gasteiger partial charge in [0.25, 0.3) is 17.7 Å². The first kappa shape index (κ1) is 22.4. The quantitative estimate of drug-likeness (QED) is 0.550. The van der Waals surface area contributed by atoms with Crippen molar-refractivity contribution in [3.8, 4) is 6.07 Å². The average molecular weight is 465 g/mol. The van der Waals surface area contributed by atoms with Crippen molar-refractivity contribution < 1.29 is 14.4 Å². The molecule has 174 valence electrons. The fourth-order valence-corrected chi connectivity index (χ4v) is 4.63. The number of nitriles is 1. The van der Waals surface area contributed by atoms with Gasteiger partial charge in [-0.3, -0.25) is 19.3 Å². The van der Waals surface area contributed by atoms with Crippen LogP contribution < -0.4 is 4.90 Å². The second-order valence-corrected chi connectivity index (χ2v) is 8.73. The largest absolute Gasteiger partial charge is 0.370 e. The third kappa shape index (κ3) is 4.38. The van der Waals surface area contributed by atoms with Crippen LogP contribution in [0.4, 0.5) is 5.69 Å². The van der Waals surface area contributed by atoms with Crippen molar-refractivity contribution in [3.63, 3.8) is 0 Å². The van der Waals surface area contributed by atoms with Crippen LogP contribution in [0.15, 0.2) is 72.8 Å². The molecular weight excluding hydrogens is 440 g/mol. The molecular formula is C28H24N4O3. The molecule has 1 saturated heterocycles. The molecule has 2 heterocycles. The average Bonchev–Trinajstić information content (AvgIpc) is 3.06. The number of hydrogen-bond donors (Lipinski definition) is 0. The summed E-state index contributed by atoms with van der Waals surface area (Å²) >= 11 is 0. The highest BCUT2D eigenvalue weighted by atomic mass is 16.2. The SMILES string of the molecule is N#Cc1ccc(N2CCCN(C(=O)c3ccc(CN4C(=O)c5ccccc5C4=O)cc3)CC2)cc1. The molecule has 0 atom stereocenters. The molecule has 0 aromatic heterocycles. The predicted octanol–water partition coefficient (Wildman–Crippen LogP) is 3.71. The Balaban J connectivity index is 1.22. The standard InChI is InChI=1S/C28H24N4O3/c29-18-20-8-12-23(13-9-20)30-14-3-15-31(17-16-30)26(33)22-10-6-21(7-11-22)19-32-27(34)24-4-1-2-5-25(24)28(32)35/h1-2,4-13H,3,14-17,19H2. The van der Waals surface area contributed by atoms with Crippen molar-refractivity contribution in [1.82, 2.24) is 9.80 Å². The number of hydrogen-bond acceptors (Lipinski definition) is 5. The van der Waals surface area contributed by atoms with E-state index in [0.717, 1.165) is 30.8 Å². The molecule has 35 heavy (non-hydrogen) atoms. The van der Waals surface area contributed by atoms with Crippen molar-refractivity contribution in [2.75, 3.05) is 31.1 Å². The van der Waals surface area contributed by atoms with E-state index >= 15 is 0 Å². The van der Waals surface area contributed by atoms with Crippen LogP contribution in [-0.4, -0.2) is 53.7 Å². The van der Waals surface area contributed by atoms with Crippen LogP contribution in [0.3, 0.4) is 0 Å². The van der Waals surface area contributed by atoms with Crippen LogP contribution in [-0.2, 0) is 6.54 Å². The van der Waals surface area contributed by atoms with Gasteiger partial charge in [0.1, 0.15) is 0 Å². The number of carbonyl (C=O) groups excluding carboxylic acids is 3. The first-order chi connectivity index (χ1) is 17.0. The lowest BCUT2D eigenvalue weighted by atomic mass is 10.1. The lowest BCUT2D eigenvalue weighted by molar-refractivity contribution is 0.0641. The zero-order valence-corrected chi connectivity index (χ0v) is 19.2. The molecule has 0 N–H and O–H groups in total. The second kappa shape index (κ2) is 9.43. The van der Waals surface area contributed by atoms with E-state index in [0.29, 0.717) is 35.3 Å². The number of amides is 3. The Kier molecular flexibility index (Phi) is 6.02. The minimum Gasteiger partial charge on any atom is -0.370 e. The molecule has 7 heteroatoms. The summed E-state index contributed by atoms with van der Waals surface area (Å²) in [6.45, 7) is 3.01. The predicted molar refractivity (Wildman–Crippen MR) is 131 cm³/mol. The number of carbonyl (C=O) groups is 3. The number of imide groups is 1. The highest BCUT2D eigenvalue weighted by molar-refractivity contribution is 6.21. The van der Waals surface area contributed by atoms with E-state index in [1.54, 1.807) is 48.5 Å². The van der Waals surface area contributed by atoms with E-state index in [1.165, 1.54) is 4.90 Å². The van der Waals surface area contributed by atoms with Crippen molar-refractivity contribution in [1.29, 1.82) is 5.26 Å². The van der Waals surface area contributed by atoms with E-state index in [-0.39, 0.29) is 24.3 Å². The highest BCUT2D eigenvalue weighted by Gasteiger charge is 2.35. The van der Waals surface area contributed by atoms with E-state index in [9.17, 15) is 14.4 Å². The molecule has 7 nitrogen and oxygen atoms in total. The second-order valence-electron chi connectivity index (χ2n) is 8.73. The van der Waals surface area contributed by atoms with Gasteiger partial charge in [-0.05, 0) is 60.5 Å². The summed E-state index contributed by atoms with van der Waals surface area (Å²) in [4.78, 5) is 43.7. The van der Waals surface area contributed by atoms with Crippen LogP contribution in [0.5, 0.6) is 0 Å². The van der Waals surface area contributed by atoms with Gasteiger partial charge in [-0.25, -0.2) is 0 Å². The smallest absolute Gasteiger partial charge is 0.261 e. The van der Waals surface area contributed by atoms with Crippen LogP contribution in [0.1, 0.15) is 48.6 Å². The maximum atomic E-state index is 13.1. The summed E-state index contributed by atoms with van der Waals surface area (Å²) < 4.78 is 0. The first-order valence-electron chi connectivity index (χ1n) is 11.6. The van der Waals surface area contributed by atoms with E-state index in [1.807, 2.05) is 29.2 Å². The molecule has 1 fully saturated rings. The monoisotopic (exact) mass is 464 g/mol. The molecule has 0 unspecified atom stereocenters. The lowest BCUT2D eigenvalue weighted by Crippen LogP contribution is -2.35. The number of rotatable bonds is 4. The van der Waals surface area contributed by atoms with Crippen molar-refractivity contribution in [2.24, 2.45) is 0 Å². The summed E-state index contributed by atoms with van der Waals surface area (Å²) in [5.74, 6) is -0.608. The van der Waals surface area contributed by atoms with E-state index < -0.39 is 0 Å². The molecule has 0 spiro atoms. The maximum absolute atomic E-state index is 13.1. The Bertz CT molecular complexity index is 1290. The van der Waals surface area contributed by atoms with Gasteiger partial charge in [0.05, 0.1) is 29.3 Å². The van der Waals surface area contributed by atoms with Gasteiger partial charge in [0, 0.05) is 37.4 Å². The first-order valence-corrected chi connectivity index (χ1v) is 11.6. The Morgan fingerprint density at radius 2 is 1.46 bits per heavy atom. The van der Waals surface area contributed by atoms with Gasteiger partial charge in [0.15, 0.2) is 0 Å². The molecule has 0 aliphatic carbocycles. The Morgan fingerprint density at radius 1 is 0.800 bits per heavy atom. The number of benzene rings is 3. The molecule has 5 rings (SSSR count). The summed E-state index contributed by atoms with van der Waals surface area (Å²) in [5, 5.41) is 9.00. The summed E-state index contributed by atoms with van der Waals surface area (Å²) in [6.07, 6.45) is 0.851. The van der Waals surface area contributed by atoms with E-state index in [4.69, 9.17) is 5.26 Å². The molecule has 2 aliphatic heterocycles. The zero-order valence-electron chi connectivity index (χ0n) is 19.2. The van der Waals surface area contributed by atoms with Crippen LogP contribution in [0, 0.1) is 11.3 Å². The van der Waals surface area contributed by atoms with Gasteiger partial charge in [-0.1, -0.05) is 24.3 Å². The van der Waals surface area contributed by atoms with Crippen molar-refractivity contribution >= 4 is 23.4 Å². The van der Waals surface area contributed by atoms with Crippen LogP contribution >= 0.6 is 0 Å². The normalized spacial score (nSPS) is 15.6. The van der Waals surface area contributed by atoms with E-state index in [2.05, 4.69) is 11.0 Å². The van der Waals surface area contributed by atoms with Crippen LogP contribution in [0.2, 0.25) is 0 Å². The van der Waals surface area contributed by atoms with Gasteiger partial charge < -0.3 is 9.80 Å². The zero-order chi connectivity index (χ0) is 24.4. The Hall–Kier alpha value is -4.44. The Morgan fingerprint density at radius 3 is 2.09 bits per heavy atom. The summed E-state index contributed by atoms with van der Waals surface area (Å²) in [5.41, 5.74) is 3.92. The lowest BCUT2D eigenvalue weighted by Gasteiger charge is -2.24. The van der Waals surface area contributed by atoms with Crippen molar-refractivity contribution in [2.45, 2.75) is 13.0 Å². The number of nitrogens with zero attached hydrogens (tertiary/aromatic N) is 4. The van der Waals surface area contributed by atoms with Gasteiger partial charge in [0.2, 0.25) is 0 Å². The fraction of sp³-hybridized carbons (Fsp3) is 0.214. The third-order valence-corrected chi connectivity index (χ3v) is 6.56. The van der Waals surface area contributed by atoms with Gasteiger partial charge in [-0.2, -0.15) is 5.26 Å². The fourth-order valence-electron chi connectivity index (χ4n) is 4.63. The van der Waals surface area contributed by atoms with Gasteiger partial charge >= 0.3 is 0 Å². The number of anilines is 1. The van der Waals surface area contributed by atoms with Gasteiger partial charge in [-0.15, -0.1) is 0 Å². The summed E-state index contributed by atoms with van der Waals surface area (Å²) in [7, 11) is 0. The Labute approximate surface area is 203 Å². The molecule has 3 aromatic rings. The molecule has 0 bridgehead atoms. The van der Waals surface area contributed by atoms with Crippen molar-refractivity contribution in [3.05, 3.63) is 101 Å². The minimum atomic E-state index is -0.290. The highest BCUT2D eigenvalue weighted by Crippen LogP contribution is 2.24. The third-order valence-electron chi connectivity index (χ3n) is 6.56. The number of fused-ring (bicyclic) bond motifs is 1. The molecule has 2 aliphatic rings. The minimum absolute atomic E-state index is 0.0287.